The topological polar surface area (TPSA) is 35.5 Å². The van der Waals surface area contributed by atoms with E-state index in [4.69, 9.17) is 9.47 Å². The second-order valence-electron chi connectivity index (χ2n) is 8.18. The van der Waals surface area contributed by atoms with Gasteiger partial charge in [-0.05, 0) is 37.0 Å². The Hall–Kier alpha value is -0.930. The molecule has 1 fully saturated rings. The maximum atomic E-state index is 12.6. The summed E-state index contributed by atoms with van der Waals surface area (Å²) in [5.74, 6) is 0.787. The van der Waals surface area contributed by atoms with E-state index in [-0.39, 0.29) is 23.2 Å². The summed E-state index contributed by atoms with van der Waals surface area (Å²) in [5, 5.41) is 0. The Balaban J connectivity index is 2.01. The van der Waals surface area contributed by atoms with Crippen molar-refractivity contribution in [3.8, 4) is 0 Å². The zero-order valence-electron chi connectivity index (χ0n) is 15.0. The number of hydrogen-bond acceptors (Lipinski definition) is 3. The number of carbonyl (C=O) groups is 1. The molecule has 0 aromatic carbocycles. The van der Waals surface area contributed by atoms with Crippen molar-refractivity contribution in [2.45, 2.75) is 71.7 Å². The summed E-state index contributed by atoms with van der Waals surface area (Å²) in [7, 11) is 1.70. The molecule has 0 saturated carbocycles. The summed E-state index contributed by atoms with van der Waals surface area (Å²) in [4.78, 5) is 12.6. The first-order valence-corrected chi connectivity index (χ1v) is 8.91. The lowest BCUT2D eigenvalue weighted by molar-refractivity contribution is -0.231. The van der Waals surface area contributed by atoms with E-state index >= 15 is 0 Å². The monoisotopic (exact) mass is 318 g/mol. The molecule has 0 aromatic rings. The van der Waals surface area contributed by atoms with E-state index in [1.54, 1.807) is 7.11 Å². The fourth-order valence-corrected chi connectivity index (χ4v) is 4.88. The molecule has 3 heteroatoms. The van der Waals surface area contributed by atoms with Gasteiger partial charge in [-0.1, -0.05) is 32.4 Å². The van der Waals surface area contributed by atoms with Crippen LogP contribution in [-0.2, 0) is 14.3 Å². The van der Waals surface area contributed by atoms with Crippen LogP contribution in [0.5, 0.6) is 0 Å². The molecule has 0 amide bonds. The number of allylic oxidation sites excluding steroid dienone is 2. The number of methoxy groups -OCH3 is 1. The van der Waals surface area contributed by atoms with E-state index in [1.165, 1.54) is 5.57 Å². The fraction of sp³-hybridized carbons (Fsp3) is 0.750. The molecule has 0 N–H and O–H groups in total. The number of carbonyl (C=O) groups excluding carboxylic acids is 1. The molecule has 0 bridgehead atoms. The quantitative estimate of drug-likeness (QED) is 0.722. The van der Waals surface area contributed by atoms with Crippen LogP contribution in [-0.4, -0.2) is 25.3 Å². The molecule has 1 saturated heterocycles. The van der Waals surface area contributed by atoms with E-state index < -0.39 is 0 Å². The first-order valence-electron chi connectivity index (χ1n) is 8.91. The molecule has 5 atom stereocenters. The average Bonchev–Trinajstić information content (AvgIpc) is 2.92. The van der Waals surface area contributed by atoms with E-state index in [9.17, 15) is 4.79 Å². The molecular weight excluding hydrogens is 288 g/mol. The third kappa shape index (κ3) is 2.62. The molecule has 0 unspecified atom stereocenters. The van der Waals surface area contributed by atoms with E-state index in [2.05, 4.69) is 27.4 Å². The van der Waals surface area contributed by atoms with Gasteiger partial charge in [0, 0.05) is 30.9 Å². The Morgan fingerprint density at radius 1 is 1.26 bits per heavy atom. The number of Topliss-reactive ketones (excluding diaryl/α,β-unsaturated/α-hetero) is 1. The predicted molar refractivity (Wildman–Crippen MR) is 91.0 cm³/mol. The van der Waals surface area contributed by atoms with E-state index in [1.807, 2.05) is 6.08 Å². The largest absolute Gasteiger partial charge is 0.356 e. The molecule has 3 nitrogen and oxygen atoms in total. The van der Waals surface area contributed by atoms with Crippen molar-refractivity contribution in [1.82, 2.24) is 0 Å². The molecule has 23 heavy (non-hydrogen) atoms. The van der Waals surface area contributed by atoms with Crippen LogP contribution in [0, 0.1) is 16.7 Å². The molecule has 0 spiro atoms. The van der Waals surface area contributed by atoms with Gasteiger partial charge in [0.15, 0.2) is 12.1 Å². The first kappa shape index (κ1) is 16.9. The molecular formula is C20H30O3. The third-order valence-corrected chi connectivity index (χ3v) is 6.75. The molecule has 3 rings (SSSR count). The molecule has 0 radical (unpaired) electrons. The summed E-state index contributed by atoms with van der Waals surface area (Å²) < 4.78 is 11.9. The lowest BCUT2D eigenvalue weighted by Gasteiger charge is -2.52. The van der Waals surface area contributed by atoms with E-state index in [0.717, 1.165) is 37.7 Å². The van der Waals surface area contributed by atoms with Crippen molar-refractivity contribution in [2.75, 3.05) is 7.11 Å². The fourth-order valence-electron chi connectivity index (χ4n) is 4.88. The summed E-state index contributed by atoms with van der Waals surface area (Å²) in [5.41, 5.74) is 2.26. The normalized spacial score (nSPS) is 44.3. The van der Waals surface area contributed by atoms with Crippen molar-refractivity contribution >= 4 is 5.78 Å². The minimum atomic E-state index is -0.219. The van der Waals surface area contributed by atoms with Crippen molar-refractivity contribution < 1.29 is 14.3 Å². The van der Waals surface area contributed by atoms with Gasteiger partial charge in [0.2, 0.25) is 0 Å². The summed E-state index contributed by atoms with van der Waals surface area (Å²) >= 11 is 0. The average molecular weight is 318 g/mol. The van der Waals surface area contributed by atoms with Gasteiger partial charge < -0.3 is 9.47 Å². The molecule has 2 aliphatic carbocycles. The van der Waals surface area contributed by atoms with Crippen molar-refractivity contribution in [1.29, 1.82) is 0 Å². The summed E-state index contributed by atoms with van der Waals surface area (Å²) in [6.07, 6.45) is 7.42. The minimum Gasteiger partial charge on any atom is -0.356 e. The summed E-state index contributed by atoms with van der Waals surface area (Å²) in [6, 6.07) is 0. The predicted octanol–water partition coefficient (Wildman–Crippen LogP) is 4.43. The second kappa shape index (κ2) is 5.86. The van der Waals surface area contributed by atoms with Gasteiger partial charge in [-0.2, -0.15) is 0 Å². The van der Waals surface area contributed by atoms with Crippen LogP contribution in [0.25, 0.3) is 0 Å². The number of rotatable bonds is 3. The number of ether oxygens (including phenoxy) is 2. The first-order chi connectivity index (χ1) is 10.8. The van der Waals surface area contributed by atoms with Gasteiger partial charge in [0.1, 0.15) is 0 Å². The summed E-state index contributed by atoms with van der Waals surface area (Å²) in [6.45, 7) is 10.8. The number of hydrogen-bond donors (Lipinski definition) is 0. The molecule has 1 heterocycles. The van der Waals surface area contributed by atoms with Crippen molar-refractivity contribution in [2.24, 2.45) is 16.7 Å². The lowest BCUT2D eigenvalue weighted by Crippen LogP contribution is -2.51. The SMILES string of the molecule is C=C[C@@]1(C)C[C@H](OC)O[C@@H]([C@@]2(C)C3=C(CCC3=O)CC[C@@H]2C)C1. The zero-order chi connectivity index (χ0) is 16.8. The number of ketones is 1. The van der Waals surface area contributed by atoms with Crippen LogP contribution < -0.4 is 0 Å². The Bertz CT molecular complexity index is 549. The van der Waals surface area contributed by atoms with Crippen LogP contribution in [0.2, 0.25) is 0 Å². The smallest absolute Gasteiger partial charge is 0.159 e. The lowest BCUT2D eigenvalue weighted by atomic mass is 9.59. The second-order valence-corrected chi connectivity index (χ2v) is 8.18. The highest BCUT2D eigenvalue weighted by Crippen LogP contribution is 2.56. The standard InChI is InChI=1S/C20H30O3/c1-6-19(3)11-16(23-17(12-19)22-5)20(4)13(2)7-8-14-9-10-15(21)18(14)20/h6,13,16-17H,1,7-12H2,2-5H3/t13-,16+,17+,19+,20-/m0/s1. The van der Waals surface area contributed by atoms with Gasteiger partial charge in [-0.3, -0.25) is 4.79 Å². The van der Waals surface area contributed by atoms with Gasteiger partial charge in [-0.15, -0.1) is 6.58 Å². The van der Waals surface area contributed by atoms with Gasteiger partial charge in [0.05, 0.1) is 6.10 Å². The highest BCUT2D eigenvalue weighted by Gasteiger charge is 2.53. The van der Waals surface area contributed by atoms with Crippen LogP contribution in [0.3, 0.4) is 0 Å². The molecule has 3 aliphatic rings. The highest BCUT2D eigenvalue weighted by molar-refractivity contribution is 6.00. The molecule has 128 valence electrons. The van der Waals surface area contributed by atoms with Gasteiger partial charge >= 0.3 is 0 Å². The highest BCUT2D eigenvalue weighted by atomic mass is 16.7. The maximum Gasteiger partial charge on any atom is 0.159 e. The minimum absolute atomic E-state index is 0.00606. The van der Waals surface area contributed by atoms with Crippen LogP contribution >= 0.6 is 0 Å². The molecule has 0 aromatic heterocycles. The van der Waals surface area contributed by atoms with Crippen molar-refractivity contribution in [3.05, 3.63) is 23.8 Å². The third-order valence-electron chi connectivity index (χ3n) is 6.75. The van der Waals surface area contributed by atoms with Crippen LogP contribution in [0.4, 0.5) is 0 Å². The Labute approximate surface area is 140 Å². The van der Waals surface area contributed by atoms with Gasteiger partial charge in [0.25, 0.3) is 0 Å². The van der Waals surface area contributed by atoms with Crippen LogP contribution in [0.15, 0.2) is 23.8 Å². The maximum absolute atomic E-state index is 12.6. The van der Waals surface area contributed by atoms with Crippen LogP contribution in [0.1, 0.15) is 59.3 Å². The zero-order valence-corrected chi connectivity index (χ0v) is 15.0. The molecule has 1 aliphatic heterocycles. The van der Waals surface area contributed by atoms with E-state index in [0.29, 0.717) is 18.1 Å². The van der Waals surface area contributed by atoms with Gasteiger partial charge in [-0.25, -0.2) is 0 Å². The Morgan fingerprint density at radius 2 is 2.00 bits per heavy atom. The Morgan fingerprint density at radius 3 is 2.65 bits per heavy atom. The Kier molecular flexibility index (Phi) is 4.31. The van der Waals surface area contributed by atoms with Crippen molar-refractivity contribution in [3.63, 3.8) is 0 Å².